The lowest BCUT2D eigenvalue weighted by atomic mass is 10.0. The minimum Gasteiger partial charge on any atom is -0.423 e. The molecule has 1 aromatic heterocycles. The Balaban J connectivity index is 1.45. The minimum atomic E-state index is -4.13. The maximum Gasteiger partial charge on any atom is 0.363 e. The van der Waals surface area contributed by atoms with Crippen LogP contribution in [0, 0.1) is 12.8 Å². The van der Waals surface area contributed by atoms with Gasteiger partial charge in [-0.2, -0.15) is 13.0 Å². The third kappa shape index (κ3) is 5.71. The highest BCUT2D eigenvalue weighted by Gasteiger charge is 2.39. The fourth-order valence-corrected chi connectivity index (χ4v) is 5.50. The van der Waals surface area contributed by atoms with Crippen molar-refractivity contribution in [2.24, 2.45) is 5.92 Å². The van der Waals surface area contributed by atoms with Crippen LogP contribution in [-0.2, 0) is 31.1 Å². The van der Waals surface area contributed by atoms with E-state index in [1.54, 1.807) is 50.2 Å². The second-order valence-electron chi connectivity index (χ2n) is 10.1. The molecule has 0 saturated carbocycles. The molecule has 216 valence electrons. The number of nitrogens with zero attached hydrogens (tertiary/aromatic N) is 2. The van der Waals surface area contributed by atoms with Crippen LogP contribution in [0.15, 0.2) is 66.7 Å². The lowest BCUT2D eigenvalue weighted by Crippen LogP contribution is -2.37. The van der Waals surface area contributed by atoms with Gasteiger partial charge in [-0.25, -0.2) is 9.59 Å². The standard InChI is InChI=1S/C30H26N2O9S/c1-18-16-20(29(35)41-32-26(33)17-19(2)28(32)34)12-13-25(18)40-30(36)27-21-8-3-5-10-23(21)31(14-7-15-42(37,38)39)24-11-6-4-9-22(24)27/h3-6,8-13,16,19H,7,14-15,17H2,1-2H3/p+1. The van der Waals surface area contributed by atoms with Gasteiger partial charge in [-0.3, -0.25) is 14.1 Å². The van der Waals surface area contributed by atoms with Gasteiger partial charge in [0.25, 0.3) is 21.9 Å². The fourth-order valence-electron chi connectivity index (χ4n) is 5.01. The van der Waals surface area contributed by atoms with Crippen molar-refractivity contribution in [3.05, 3.63) is 83.4 Å². The topological polar surface area (TPSA) is 148 Å². The normalized spacial score (nSPS) is 15.4. The summed E-state index contributed by atoms with van der Waals surface area (Å²) in [6, 6.07) is 18.6. The molecule has 4 aromatic rings. The number of fused-ring (bicyclic) bond motifs is 2. The number of pyridine rings is 1. The predicted molar refractivity (Wildman–Crippen MR) is 150 cm³/mol. The smallest absolute Gasteiger partial charge is 0.363 e. The summed E-state index contributed by atoms with van der Waals surface area (Å²) >= 11 is 0. The van der Waals surface area contributed by atoms with Gasteiger partial charge in [0.2, 0.25) is 11.0 Å². The number of amides is 2. The second kappa shape index (κ2) is 11.3. The van der Waals surface area contributed by atoms with Crippen molar-refractivity contribution >= 4 is 55.7 Å². The van der Waals surface area contributed by atoms with Crippen LogP contribution in [0.1, 0.15) is 46.0 Å². The Bertz CT molecular complexity index is 1830. The molecular weight excluding hydrogens is 564 g/mol. The Kier molecular flexibility index (Phi) is 7.76. The molecule has 1 fully saturated rings. The monoisotopic (exact) mass is 591 g/mol. The molecule has 2 amide bonds. The molecule has 2 heterocycles. The minimum absolute atomic E-state index is 0.0343. The molecule has 1 saturated heterocycles. The van der Waals surface area contributed by atoms with E-state index in [9.17, 15) is 32.1 Å². The Morgan fingerprint density at radius 2 is 1.60 bits per heavy atom. The number of hydrogen-bond donors (Lipinski definition) is 1. The van der Waals surface area contributed by atoms with Crippen molar-refractivity contribution in [3.8, 4) is 5.75 Å². The maximum atomic E-state index is 13.7. The van der Waals surface area contributed by atoms with E-state index in [0.29, 0.717) is 38.0 Å². The van der Waals surface area contributed by atoms with Crippen molar-refractivity contribution < 1.29 is 46.3 Å². The van der Waals surface area contributed by atoms with E-state index in [4.69, 9.17) is 9.57 Å². The zero-order chi connectivity index (χ0) is 30.2. The molecule has 1 N–H and O–H groups in total. The second-order valence-corrected chi connectivity index (χ2v) is 11.7. The van der Waals surface area contributed by atoms with Crippen LogP contribution in [0.25, 0.3) is 21.8 Å². The molecule has 5 rings (SSSR count). The highest BCUT2D eigenvalue weighted by molar-refractivity contribution is 7.85. The Labute approximate surface area is 241 Å². The number of hydrogen-bond acceptors (Lipinski definition) is 8. The average Bonchev–Trinajstić information content (AvgIpc) is 3.18. The lowest BCUT2D eigenvalue weighted by Gasteiger charge is -2.15. The maximum absolute atomic E-state index is 13.7. The van der Waals surface area contributed by atoms with Gasteiger partial charge in [0.1, 0.15) is 5.75 Å². The van der Waals surface area contributed by atoms with Gasteiger partial charge < -0.3 is 9.57 Å². The molecule has 42 heavy (non-hydrogen) atoms. The summed E-state index contributed by atoms with van der Waals surface area (Å²) in [4.78, 5) is 55.4. The van der Waals surface area contributed by atoms with Crippen molar-refractivity contribution in [2.75, 3.05) is 5.75 Å². The number of imide groups is 1. The molecule has 12 heteroatoms. The van der Waals surface area contributed by atoms with E-state index in [0.717, 1.165) is 0 Å². The first-order chi connectivity index (χ1) is 19.9. The fraction of sp³-hybridized carbons (Fsp3) is 0.233. The van der Waals surface area contributed by atoms with Crippen molar-refractivity contribution in [1.82, 2.24) is 5.06 Å². The number of benzene rings is 3. The van der Waals surface area contributed by atoms with Crippen LogP contribution in [0.2, 0.25) is 0 Å². The molecule has 1 aliphatic heterocycles. The Hall–Kier alpha value is -4.68. The van der Waals surface area contributed by atoms with E-state index in [2.05, 4.69) is 0 Å². The lowest BCUT2D eigenvalue weighted by molar-refractivity contribution is -0.645. The summed E-state index contributed by atoms with van der Waals surface area (Å²) in [7, 11) is -4.13. The van der Waals surface area contributed by atoms with Gasteiger partial charge >= 0.3 is 11.9 Å². The van der Waals surface area contributed by atoms with E-state index in [-0.39, 0.29) is 30.7 Å². The number of hydroxylamine groups is 2. The molecule has 1 unspecified atom stereocenters. The number of rotatable bonds is 8. The zero-order valence-electron chi connectivity index (χ0n) is 22.8. The third-order valence-electron chi connectivity index (χ3n) is 7.03. The van der Waals surface area contributed by atoms with Gasteiger partial charge in [-0.1, -0.05) is 31.2 Å². The number of para-hydroxylation sites is 2. The molecule has 0 spiro atoms. The highest BCUT2D eigenvalue weighted by atomic mass is 32.2. The largest absolute Gasteiger partial charge is 0.423 e. The number of aryl methyl sites for hydroxylation is 2. The Morgan fingerprint density at radius 1 is 0.976 bits per heavy atom. The van der Waals surface area contributed by atoms with Gasteiger partial charge in [0.15, 0.2) is 6.54 Å². The van der Waals surface area contributed by atoms with Gasteiger partial charge in [-0.05, 0) is 42.8 Å². The number of carbonyl (C=O) groups excluding carboxylic acids is 4. The summed E-state index contributed by atoms with van der Waals surface area (Å²) in [5.41, 5.74) is 2.15. The van der Waals surface area contributed by atoms with Crippen LogP contribution in [0.3, 0.4) is 0 Å². The third-order valence-corrected chi connectivity index (χ3v) is 7.84. The van der Waals surface area contributed by atoms with Gasteiger partial charge in [0.05, 0.1) is 27.7 Å². The quantitative estimate of drug-likeness (QED) is 0.0811. The molecular formula is C30H27N2O9S+. The van der Waals surface area contributed by atoms with E-state index < -0.39 is 45.5 Å². The van der Waals surface area contributed by atoms with Crippen LogP contribution < -0.4 is 9.30 Å². The van der Waals surface area contributed by atoms with E-state index in [1.807, 2.05) is 16.7 Å². The number of carbonyl (C=O) groups is 4. The molecule has 1 aliphatic rings. The van der Waals surface area contributed by atoms with E-state index >= 15 is 0 Å². The molecule has 0 radical (unpaired) electrons. The summed E-state index contributed by atoms with van der Waals surface area (Å²) in [5.74, 6) is -3.50. The van der Waals surface area contributed by atoms with Crippen molar-refractivity contribution in [1.29, 1.82) is 0 Å². The molecule has 11 nitrogen and oxygen atoms in total. The summed E-state index contributed by atoms with van der Waals surface area (Å²) < 4.78 is 39.5. The summed E-state index contributed by atoms with van der Waals surface area (Å²) in [5, 5.41) is 1.65. The first-order valence-corrected chi connectivity index (χ1v) is 14.8. The average molecular weight is 592 g/mol. The molecule has 0 bridgehead atoms. The van der Waals surface area contributed by atoms with Crippen molar-refractivity contribution in [3.63, 3.8) is 0 Å². The number of ether oxygens (including phenoxy) is 1. The molecule has 0 aliphatic carbocycles. The molecule has 3 aromatic carbocycles. The predicted octanol–water partition coefficient (Wildman–Crippen LogP) is 3.55. The zero-order valence-corrected chi connectivity index (χ0v) is 23.6. The Morgan fingerprint density at radius 3 is 2.14 bits per heavy atom. The van der Waals surface area contributed by atoms with Crippen LogP contribution >= 0.6 is 0 Å². The van der Waals surface area contributed by atoms with Crippen LogP contribution in [0.4, 0.5) is 0 Å². The van der Waals surface area contributed by atoms with Crippen LogP contribution in [0.5, 0.6) is 5.75 Å². The van der Waals surface area contributed by atoms with E-state index in [1.165, 1.54) is 18.2 Å². The SMILES string of the molecule is Cc1cc(C(=O)ON2C(=O)CC(C)C2=O)ccc1OC(=O)c1c2ccccc2[n+](CCCS(=O)(=O)O)c2ccccc12. The number of aromatic nitrogens is 1. The molecule has 1 atom stereocenters. The van der Waals surface area contributed by atoms with Crippen LogP contribution in [-0.4, -0.2) is 47.5 Å². The first kappa shape index (κ1) is 28.8. The highest BCUT2D eigenvalue weighted by Crippen LogP contribution is 2.28. The first-order valence-electron chi connectivity index (χ1n) is 13.1. The van der Waals surface area contributed by atoms with Gasteiger partial charge in [-0.15, -0.1) is 5.06 Å². The van der Waals surface area contributed by atoms with Crippen molar-refractivity contribution in [2.45, 2.75) is 33.2 Å². The number of esters is 1. The van der Waals surface area contributed by atoms with Gasteiger partial charge in [0, 0.05) is 30.9 Å². The summed E-state index contributed by atoms with van der Waals surface area (Å²) in [6.45, 7) is 3.49. The summed E-state index contributed by atoms with van der Waals surface area (Å²) in [6.07, 6.45) is 0.127.